The molecule has 3 aromatic heterocycles. The summed E-state index contributed by atoms with van der Waals surface area (Å²) in [6.45, 7) is 6.74. The molecule has 0 saturated carbocycles. The molecule has 288 valence electrons. The van der Waals surface area contributed by atoms with Gasteiger partial charge in [-0.2, -0.15) is 10.5 Å². The summed E-state index contributed by atoms with van der Waals surface area (Å²) in [5.41, 5.74) is -4.45. The average molecular weight is 768 g/mol. The summed E-state index contributed by atoms with van der Waals surface area (Å²) in [5.74, 6) is 0. The Morgan fingerprint density at radius 2 is 1.09 bits per heavy atom. The molecule has 3 heterocycles. The molecule has 21 heteroatoms. The van der Waals surface area contributed by atoms with Gasteiger partial charge in [0.15, 0.2) is 11.0 Å². The number of rotatable bonds is 8. The quantitative estimate of drug-likeness (QED) is 0.0966. The van der Waals surface area contributed by atoms with E-state index in [2.05, 4.69) is 20.4 Å². The summed E-state index contributed by atoms with van der Waals surface area (Å²) in [6.07, 6.45) is 2.18. The first-order chi connectivity index (χ1) is 26.8. The maximum atomic E-state index is 13.7. The second-order valence-corrected chi connectivity index (χ2v) is 12.2. The van der Waals surface area contributed by atoms with Crippen LogP contribution in [0.2, 0.25) is 0 Å². The van der Waals surface area contributed by atoms with Gasteiger partial charge in [0.25, 0.3) is 33.9 Å². The third-order valence-electron chi connectivity index (χ3n) is 8.44. The van der Waals surface area contributed by atoms with Gasteiger partial charge >= 0.3 is 0 Å². The first-order valence-electron chi connectivity index (χ1n) is 17.0. The van der Waals surface area contributed by atoms with Crippen molar-refractivity contribution in [3.63, 3.8) is 0 Å². The molecule has 0 N–H and O–H groups in total. The van der Waals surface area contributed by atoms with Crippen molar-refractivity contribution in [3.8, 4) is 12.1 Å². The number of fused-ring (bicyclic) bond motifs is 4. The molecular weight excluding hydrogens is 734 g/mol. The molecule has 5 rings (SSSR count). The lowest BCUT2D eigenvalue weighted by Gasteiger charge is -2.11. The van der Waals surface area contributed by atoms with E-state index in [1.54, 1.807) is 0 Å². The monoisotopic (exact) mass is 767 g/mol. The van der Waals surface area contributed by atoms with E-state index in [-0.39, 0.29) is 80.0 Å². The zero-order valence-electron chi connectivity index (χ0n) is 30.7. The first kappa shape index (κ1) is 39.5. The van der Waals surface area contributed by atoms with Gasteiger partial charge in [-0.25, -0.2) is 0 Å². The van der Waals surface area contributed by atoms with Crippen LogP contribution in [0.4, 0.5) is 11.4 Å². The Labute approximate surface area is 314 Å². The van der Waals surface area contributed by atoms with Gasteiger partial charge in [-0.1, -0.05) is 31.6 Å². The van der Waals surface area contributed by atoms with E-state index in [1.807, 2.05) is 26.0 Å². The third-order valence-corrected chi connectivity index (χ3v) is 8.44. The molecule has 5 aromatic rings. The van der Waals surface area contributed by atoms with Crippen molar-refractivity contribution in [1.82, 2.24) is 34.4 Å². The van der Waals surface area contributed by atoms with Crippen molar-refractivity contribution in [2.24, 2.45) is 7.05 Å². The summed E-state index contributed by atoms with van der Waals surface area (Å²) in [6, 6.07) is 10.4. The molecule has 56 heavy (non-hydrogen) atoms. The first-order valence-corrected chi connectivity index (χ1v) is 17.0. The molecule has 0 aliphatic heterocycles. The number of benzene rings is 2. The summed E-state index contributed by atoms with van der Waals surface area (Å²) >= 11 is 0. The lowest BCUT2D eigenvalue weighted by molar-refractivity contribution is -0.384. The van der Waals surface area contributed by atoms with Crippen LogP contribution in [0.25, 0.3) is 44.7 Å². The number of nitrogens with zero attached hydrogens (tertiary/aromatic N) is 11. The minimum absolute atomic E-state index is 0.0403. The van der Waals surface area contributed by atoms with Gasteiger partial charge in [0.2, 0.25) is 11.2 Å². The van der Waals surface area contributed by atoms with Gasteiger partial charge in [-0.15, -0.1) is 20.4 Å². The Morgan fingerprint density at radius 3 is 1.43 bits per heavy atom. The highest BCUT2D eigenvalue weighted by molar-refractivity contribution is 5.78. The molecule has 0 aliphatic rings. The van der Waals surface area contributed by atoms with E-state index in [0.717, 1.165) is 38.3 Å². The van der Waals surface area contributed by atoms with Crippen LogP contribution in [0.3, 0.4) is 0 Å². The van der Waals surface area contributed by atoms with Crippen molar-refractivity contribution in [2.75, 3.05) is 0 Å². The number of non-ortho nitro benzene ring substituents is 2. The fourth-order valence-corrected chi connectivity index (χ4v) is 5.41. The zero-order valence-corrected chi connectivity index (χ0v) is 30.7. The number of pyridine rings is 2. The molecule has 0 unspecified atom stereocenters. The SMILES string of the molecule is CCCCn1c(=O)c(C#N)c(C)c2nnc3cc([N+](=O)[O-])ccc3ooc3ccc([N+](=O)[O-])cc3nnc3c(C)c(C#N)c(=O)n(CCCC)c3on(C)oc21. The minimum Gasteiger partial charge on any atom is -0.329 e. The molecular formula is C35H33N11O10. The summed E-state index contributed by atoms with van der Waals surface area (Å²) in [4.78, 5) is 50.3. The number of unbranched alkanes of at least 4 members (excludes halogenated alkanes) is 2. The predicted octanol–water partition coefficient (Wildman–Crippen LogP) is 6.19. The normalized spacial score (nSPS) is 10.7. The van der Waals surface area contributed by atoms with Crippen molar-refractivity contribution in [3.05, 3.63) is 99.6 Å². The van der Waals surface area contributed by atoms with Crippen LogP contribution >= 0.6 is 0 Å². The third kappa shape index (κ3) is 7.96. The van der Waals surface area contributed by atoms with Crippen LogP contribution in [-0.2, 0) is 20.1 Å². The summed E-state index contributed by atoms with van der Waals surface area (Å²) < 4.78 is 25.7. The van der Waals surface area contributed by atoms with E-state index >= 15 is 0 Å². The molecule has 2 aromatic carbocycles. The topological polar surface area (TPSA) is 287 Å². The predicted molar refractivity (Wildman–Crippen MR) is 197 cm³/mol. The fourth-order valence-electron chi connectivity index (χ4n) is 5.41. The standard InChI is InChI=1S/C35H33N11O10/c1-6-8-14-43-32(47)24(18-36)20(3)30-34(43)53-42(5)54-35-31(21(4)25(19-37)33(48)44(35)15-9-7-2)41-39-27-17-23(46(51)52)11-13-29(27)56-55-28-12-10-22(45(49)50)16-26(28)38-40-30/h10-13,16-17H,6-9,14-15H2,1-5H3. The van der Waals surface area contributed by atoms with Crippen LogP contribution in [0.5, 0.6) is 0 Å². The van der Waals surface area contributed by atoms with Gasteiger partial charge in [0, 0.05) is 48.5 Å². The van der Waals surface area contributed by atoms with E-state index in [9.17, 15) is 40.3 Å². The van der Waals surface area contributed by atoms with Crippen LogP contribution < -0.4 is 11.1 Å². The number of hydrogen-bond donors (Lipinski definition) is 0. The zero-order chi connectivity index (χ0) is 40.7. The number of aryl methyl sites for hydroxylation is 5. The molecule has 0 atom stereocenters. The molecule has 21 nitrogen and oxygen atoms in total. The fraction of sp³-hybridized carbons (Fsp3) is 0.314. The molecule has 0 bridgehead atoms. The van der Waals surface area contributed by atoms with Crippen LogP contribution in [0.15, 0.2) is 64.2 Å². The van der Waals surface area contributed by atoms with Gasteiger partial charge in [0.05, 0.1) is 16.9 Å². The highest BCUT2D eigenvalue weighted by Gasteiger charge is 2.19. The maximum Gasteiger partial charge on any atom is 0.271 e. The number of aromatic nitrogens is 7. The van der Waals surface area contributed by atoms with Crippen molar-refractivity contribution in [2.45, 2.75) is 66.5 Å². The number of nitriles is 2. The van der Waals surface area contributed by atoms with Crippen LogP contribution in [0.1, 0.15) is 61.8 Å². The molecule has 0 amide bonds. The molecule has 0 saturated heterocycles. The van der Waals surface area contributed by atoms with E-state index in [0.29, 0.717) is 25.7 Å². The number of nitro benzene ring substituents is 2. The van der Waals surface area contributed by atoms with Crippen molar-refractivity contribution in [1.29, 1.82) is 10.5 Å². The smallest absolute Gasteiger partial charge is 0.271 e. The second-order valence-electron chi connectivity index (χ2n) is 12.2. The maximum absolute atomic E-state index is 13.7. The highest BCUT2D eigenvalue weighted by Crippen LogP contribution is 2.22. The van der Waals surface area contributed by atoms with Crippen molar-refractivity contribution >= 4 is 56.0 Å². The molecule has 0 radical (unpaired) electrons. The lowest BCUT2D eigenvalue weighted by atomic mass is 10.1. The van der Waals surface area contributed by atoms with Crippen molar-refractivity contribution < 1.29 is 28.0 Å². The highest BCUT2D eigenvalue weighted by atomic mass is 17.0. The summed E-state index contributed by atoms with van der Waals surface area (Å²) in [7, 11) is 1.29. The van der Waals surface area contributed by atoms with Gasteiger partial charge in [-0.05, 0) is 38.8 Å². The Balaban J connectivity index is 2.19. The summed E-state index contributed by atoms with van der Waals surface area (Å²) in [5, 5.41) is 60.5. The van der Waals surface area contributed by atoms with Gasteiger partial charge < -0.3 is 9.05 Å². The Kier molecular flexibility index (Phi) is 12.0. The van der Waals surface area contributed by atoms with Gasteiger partial charge in [0.1, 0.15) is 34.3 Å². The Morgan fingerprint density at radius 1 is 0.696 bits per heavy atom. The molecule has 0 spiro atoms. The van der Waals surface area contributed by atoms with E-state index in [4.69, 9.17) is 18.2 Å². The minimum atomic E-state index is -0.713. The molecule has 0 fully saturated rings. The van der Waals surface area contributed by atoms with Crippen LogP contribution in [-0.4, -0.2) is 44.3 Å². The van der Waals surface area contributed by atoms with Crippen LogP contribution in [0, 0.1) is 56.7 Å². The molecule has 0 aliphatic carbocycles. The average Bonchev–Trinajstić information content (AvgIpc) is 3.17. The van der Waals surface area contributed by atoms with E-state index < -0.39 is 32.3 Å². The van der Waals surface area contributed by atoms with E-state index in [1.165, 1.54) is 33.0 Å². The number of nitro groups is 2. The largest absolute Gasteiger partial charge is 0.329 e. The second kappa shape index (κ2) is 17.0. The number of hydrogen-bond acceptors (Lipinski definition) is 16. The Bertz CT molecular complexity index is 2680. The van der Waals surface area contributed by atoms with Gasteiger partial charge in [-0.3, -0.25) is 48.1 Å². The Hall–Kier alpha value is -7.68. The lowest BCUT2D eigenvalue weighted by Crippen LogP contribution is -2.25.